The summed E-state index contributed by atoms with van der Waals surface area (Å²) >= 11 is 0. The monoisotopic (exact) mass is 263 g/mol. The molecule has 1 aromatic heterocycles. The summed E-state index contributed by atoms with van der Waals surface area (Å²) in [4.78, 5) is 29.1. The number of amides is 1. The van der Waals surface area contributed by atoms with Crippen LogP contribution in [0.3, 0.4) is 0 Å². The van der Waals surface area contributed by atoms with Gasteiger partial charge in [-0.3, -0.25) is 4.79 Å². The zero-order valence-electron chi connectivity index (χ0n) is 10.8. The molecule has 102 valence electrons. The van der Waals surface area contributed by atoms with Gasteiger partial charge in [-0.15, -0.1) is 0 Å². The van der Waals surface area contributed by atoms with Gasteiger partial charge in [-0.1, -0.05) is 0 Å². The maximum Gasteiger partial charge on any atom is 0.407 e. The van der Waals surface area contributed by atoms with E-state index >= 15 is 0 Å². The van der Waals surface area contributed by atoms with Gasteiger partial charge in [-0.2, -0.15) is 0 Å². The van der Waals surface area contributed by atoms with Gasteiger partial charge in [0.05, 0.1) is 0 Å². The zero-order chi connectivity index (χ0) is 13.8. The Morgan fingerprint density at radius 2 is 2.16 bits per heavy atom. The Hall–Kier alpha value is -2.11. The molecule has 2 rings (SSSR count). The molecule has 1 fully saturated rings. The molecular weight excluding hydrogens is 246 g/mol. The van der Waals surface area contributed by atoms with Gasteiger partial charge in [-0.25, -0.2) is 9.78 Å². The lowest BCUT2D eigenvalue weighted by Crippen LogP contribution is -2.45. The zero-order valence-corrected chi connectivity index (χ0v) is 10.8. The van der Waals surface area contributed by atoms with Crippen LogP contribution in [0.5, 0.6) is 0 Å². The maximum absolute atomic E-state index is 10.8. The molecule has 0 unspecified atom stereocenters. The van der Waals surface area contributed by atoms with E-state index in [1.807, 2.05) is 18.0 Å². The SMILES string of the molecule is CN(c1ccc(C=O)cn1)C1CCN(C(=O)O)CC1. The van der Waals surface area contributed by atoms with Crippen LogP contribution in [0.4, 0.5) is 10.6 Å². The highest BCUT2D eigenvalue weighted by atomic mass is 16.4. The molecule has 1 saturated heterocycles. The van der Waals surface area contributed by atoms with Crippen molar-refractivity contribution in [3.05, 3.63) is 23.9 Å². The fourth-order valence-corrected chi connectivity index (χ4v) is 2.31. The van der Waals surface area contributed by atoms with Gasteiger partial charge in [-0.05, 0) is 25.0 Å². The number of pyridine rings is 1. The topological polar surface area (TPSA) is 73.7 Å². The molecule has 0 saturated carbocycles. The Balaban J connectivity index is 1.98. The van der Waals surface area contributed by atoms with Crippen LogP contribution in [-0.2, 0) is 0 Å². The van der Waals surface area contributed by atoms with E-state index in [4.69, 9.17) is 5.11 Å². The highest BCUT2D eigenvalue weighted by molar-refractivity contribution is 5.74. The summed E-state index contributed by atoms with van der Waals surface area (Å²) in [6.07, 6.45) is 3.04. The molecule has 0 atom stereocenters. The van der Waals surface area contributed by atoms with Crippen LogP contribution in [0, 0.1) is 0 Å². The van der Waals surface area contributed by atoms with Crippen molar-refractivity contribution in [3.8, 4) is 0 Å². The van der Waals surface area contributed by atoms with E-state index < -0.39 is 6.09 Å². The second-order valence-corrected chi connectivity index (χ2v) is 4.68. The van der Waals surface area contributed by atoms with Crippen molar-refractivity contribution in [2.45, 2.75) is 18.9 Å². The largest absolute Gasteiger partial charge is 0.465 e. The number of aldehydes is 1. The minimum Gasteiger partial charge on any atom is -0.465 e. The summed E-state index contributed by atoms with van der Waals surface area (Å²) in [7, 11) is 1.95. The summed E-state index contributed by atoms with van der Waals surface area (Å²) in [6, 6.07) is 3.83. The Bertz CT molecular complexity index is 453. The normalized spacial score (nSPS) is 16.2. The fourth-order valence-electron chi connectivity index (χ4n) is 2.31. The quantitative estimate of drug-likeness (QED) is 0.836. The number of carbonyl (C=O) groups excluding carboxylic acids is 1. The second kappa shape index (κ2) is 5.69. The highest BCUT2D eigenvalue weighted by Gasteiger charge is 2.25. The number of piperidine rings is 1. The van der Waals surface area contributed by atoms with Crippen molar-refractivity contribution in [1.82, 2.24) is 9.88 Å². The number of aromatic nitrogens is 1. The third-order valence-electron chi connectivity index (χ3n) is 3.55. The van der Waals surface area contributed by atoms with Crippen molar-refractivity contribution in [3.63, 3.8) is 0 Å². The van der Waals surface area contributed by atoms with Crippen molar-refractivity contribution >= 4 is 18.2 Å². The molecule has 1 aliphatic rings. The minimum absolute atomic E-state index is 0.283. The summed E-state index contributed by atoms with van der Waals surface area (Å²) in [6.45, 7) is 1.10. The first-order valence-corrected chi connectivity index (χ1v) is 6.23. The molecule has 6 heteroatoms. The molecule has 0 spiro atoms. The smallest absolute Gasteiger partial charge is 0.407 e. The molecular formula is C13H17N3O3. The summed E-state index contributed by atoms with van der Waals surface area (Å²) in [5.41, 5.74) is 0.554. The Kier molecular flexibility index (Phi) is 3.99. The summed E-state index contributed by atoms with van der Waals surface area (Å²) in [5, 5.41) is 8.90. The van der Waals surface area contributed by atoms with Crippen LogP contribution in [0.25, 0.3) is 0 Å². The number of likely N-dealkylation sites (tertiary alicyclic amines) is 1. The summed E-state index contributed by atoms with van der Waals surface area (Å²) < 4.78 is 0. The van der Waals surface area contributed by atoms with Crippen LogP contribution in [0.2, 0.25) is 0 Å². The van der Waals surface area contributed by atoms with Crippen LogP contribution in [-0.4, -0.2) is 53.5 Å². The van der Waals surface area contributed by atoms with Crippen molar-refractivity contribution in [2.24, 2.45) is 0 Å². The summed E-state index contributed by atoms with van der Waals surface area (Å²) in [5.74, 6) is 0.805. The first-order chi connectivity index (χ1) is 9.11. The van der Waals surface area contributed by atoms with Crippen molar-refractivity contribution < 1.29 is 14.7 Å². The third-order valence-corrected chi connectivity index (χ3v) is 3.55. The van der Waals surface area contributed by atoms with E-state index in [1.165, 1.54) is 4.90 Å². The van der Waals surface area contributed by atoms with Gasteiger partial charge < -0.3 is 14.9 Å². The molecule has 19 heavy (non-hydrogen) atoms. The molecule has 2 heterocycles. The Labute approximate surface area is 111 Å². The average Bonchev–Trinajstić information content (AvgIpc) is 2.46. The molecule has 0 aromatic carbocycles. The molecule has 1 aromatic rings. The molecule has 0 bridgehead atoms. The van der Waals surface area contributed by atoms with Gasteiger partial charge in [0.1, 0.15) is 5.82 Å². The lowest BCUT2D eigenvalue weighted by molar-refractivity contribution is 0.112. The number of rotatable bonds is 3. The number of carboxylic acid groups (broad SMARTS) is 1. The van der Waals surface area contributed by atoms with Crippen molar-refractivity contribution in [1.29, 1.82) is 0 Å². The number of hydrogen-bond donors (Lipinski definition) is 1. The first-order valence-electron chi connectivity index (χ1n) is 6.23. The number of carbonyl (C=O) groups is 2. The number of hydrogen-bond acceptors (Lipinski definition) is 4. The van der Waals surface area contributed by atoms with E-state index in [2.05, 4.69) is 4.98 Å². The van der Waals surface area contributed by atoms with Crippen molar-refractivity contribution in [2.75, 3.05) is 25.0 Å². The molecule has 6 nitrogen and oxygen atoms in total. The van der Waals surface area contributed by atoms with Crippen LogP contribution >= 0.6 is 0 Å². The van der Waals surface area contributed by atoms with E-state index in [1.54, 1.807) is 12.3 Å². The predicted molar refractivity (Wildman–Crippen MR) is 70.6 cm³/mol. The minimum atomic E-state index is -0.852. The van der Waals surface area contributed by atoms with E-state index in [0.717, 1.165) is 24.9 Å². The predicted octanol–water partition coefficient (Wildman–Crippen LogP) is 1.47. The average molecular weight is 263 g/mol. The lowest BCUT2D eigenvalue weighted by Gasteiger charge is -2.36. The highest BCUT2D eigenvalue weighted by Crippen LogP contribution is 2.20. The number of nitrogens with zero attached hydrogens (tertiary/aromatic N) is 3. The van der Waals surface area contributed by atoms with Gasteiger partial charge in [0.2, 0.25) is 0 Å². The van der Waals surface area contributed by atoms with E-state index in [-0.39, 0.29) is 6.04 Å². The number of anilines is 1. The third kappa shape index (κ3) is 3.01. The Morgan fingerprint density at radius 1 is 1.47 bits per heavy atom. The molecule has 1 N–H and O–H groups in total. The van der Waals surface area contributed by atoms with Gasteiger partial charge in [0.15, 0.2) is 6.29 Å². The fraction of sp³-hybridized carbons (Fsp3) is 0.462. The lowest BCUT2D eigenvalue weighted by atomic mass is 10.0. The second-order valence-electron chi connectivity index (χ2n) is 4.68. The first kappa shape index (κ1) is 13.3. The van der Waals surface area contributed by atoms with Gasteiger partial charge in [0, 0.05) is 37.9 Å². The van der Waals surface area contributed by atoms with Crippen LogP contribution in [0.15, 0.2) is 18.3 Å². The van der Waals surface area contributed by atoms with E-state index in [0.29, 0.717) is 18.7 Å². The van der Waals surface area contributed by atoms with Crippen LogP contribution < -0.4 is 4.90 Å². The standard InChI is InChI=1S/C13H17N3O3/c1-15(12-3-2-10(9-17)8-14-12)11-4-6-16(7-5-11)13(18)19/h2-3,8-9,11H,4-7H2,1H3,(H,18,19). The van der Waals surface area contributed by atoms with Gasteiger partial charge >= 0.3 is 6.09 Å². The maximum atomic E-state index is 10.8. The van der Waals surface area contributed by atoms with Crippen LogP contribution in [0.1, 0.15) is 23.2 Å². The Morgan fingerprint density at radius 3 is 2.63 bits per heavy atom. The molecule has 0 radical (unpaired) electrons. The molecule has 0 aliphatic carbocycles. The van der Waals surface area contributed by atoms with E-state index in [9.17, 15) is 9.59 Å². The van der Waals surface area contributed by atoms with Gasteiger partial charge in [0.25, 0.3) is 0 Å². The molecule has 1 amide bonds. The molecule has 1 aliphatic heterocycles.